The standard InChI is InChI=1S/C35H64O6/c1-3-4-5-6-7-8-9-10-11-12-16-19-22-31(36)32(37)24-25-33(38)34-26-23-30(41-34)21-18-15-13-14-17-20-29-27-28(2)40-35(29)39/h27-28,30-34,36-38H,3-26H2,1-2H3/t28-,30-,31+,32-,33-,34+/m0/s1. The van der Waals surface area contributed by atoms with Crippen LogP contribution in [0.5, 0.6) is 0 Å². The third-order valence-electron chi connectivity index (χ3n) is 9.09. The van der Waals surface area contributed by atoms with Gasteiger partial charge in [0.25, 0.3) is 0 Å². The smallest absolute Gasteiger partial charge is 0.334 e. The van der Waals surface area contributed by atoms with Crippen LogP contribution in [0, 0.1) is 0 Å². The Labute approximate surface area is 251 Å². The van der Waals surface area contributed by atoms with Gasteiger partial charge in [0.15, 0.2) is 0 Å². The molecule has 0 saturated carbocycles. The molecule has 0 bridgehead atoms. The first-order valence-corrected chi connectivity index (χ1v) is 17.5. The Morgan fingerprint density at radius 3 is 1.90 bits per heavy atom. The highest BCUT2D eigenvalue weighted by Crippen LogP contribution is 2.28. The van der Waals surface area contributed by atoms with Crippen LogP contribution in [0.2, 0.25) is 0 Å². The van der Waals surface area contributed by atoms with Gasteiger partial charge in [0, 0.05) is 5.57 Å². The molecule has 0 aromatic carbocycles. The van der Waals surface area contributed by atoms with E-state index in [0.717, 1.165) is 76.2 Å². The van der Waals surface area contributed by atoms with Gasteiger partial charge in [-0.15, -0.1) is 0 Å². The molecule has 0 radical (unpaired) electrons. The highest BCUT2D eigenvalue weighted by Gasteiger charge is 2.31. The molecule has 2 aliphatic rings. The Kier molecular flexibility index (Phi) is 20.0. The lowest BCUT2D eigenvalue weighted by atomic mass is 9.97. The fraction of sp³-hybridized carbons (Fsp3) is 0.914. The van der Waals surface area contributed by atoms with Crippen LogP contribution in [0.25, 0.3) is 0 Å². The molecule has 6 atom stereocenters. The van der Waals surface area contributed by atoms with Crippen molar-refractivity contribution in [3.05, 3.63) is 11.6 Å². The van der Waals surface area contributed by atoms with Crippen LogP contribution in [0.15, 0.2) is 11.6 Å². The number of aliphatic hydroxyl groups is 3. The van der Waals surface area contributed by atoms with Crippen molar-refractivity contribution in [2.75, 3.05) is 0 Å². The fourth-order valence-corrected chi connectivity index (χ4v) is 6.37. The lowest BCUT2D eigenvalue weighted by molar-refractivity contribution is -0.139. The van der Waals surface area contributed by atoms with Gasteiger partial charge in [-0.25, -0.2) is 4.79 Å². The maximum Gasteiger partial charge on any atom is 0.334 e. The van der Waals surface area contributed by atoms with Crippen molar-refractivity contribution in [1.29, 1.82) is 0 Å². The van der Waals surface area contributed by atoms with E-state index >= 15 is 0 Å². The Hall–Kier alpha value is -0.950. The van der Waals surface area contributed by atoms with Crippen molar-refractivity contribution in [1.82, 2.24) is 0 Å². The number of hydrogen-bond acceptors (Lipinski definition) is 6. The largest absolute Gasteiger partial charge is 0.455 e. The summed E-state index contributed by atoms with van der Waals surface area (Å²) in [4.78, 5) is 11.6. The van der Waals surface area contributed by atoms with Crippen LogP contribution in [-0.2, 0) is 14.3 Å². The van der Waals surface area contributed by atoms with Gasteiger partial charge >= 0.3 is 5.97 Å². The summed E-state index contributed by atoms with van der Waals surface area (Å²) >= 11 is 0. The van der Waals surface area contributed by atoms with Crippen LogP contribution < -0.4 is 0 Å². The Bertz CT molecular complexity index is 694. The van der Waals surface area contributed by atoms with E-state index in [1.165, 1.54) is 64.2 Å². The van der Waals surface area contributed by atoms with Crippen molar-refractivity contribution in [2.45, 2.75) is 205 Å². The number of hydrogen-bond donors (Lipinski definition) is 3. The average Bonchev–Trinajstić information content (AvgIpc) is 3.56. The normalized spacial score (nSPS) is 23.0. The average molecular weight is 581 g/mol. The molecule has 41 heavy (non-hydrogen) atoms. The third-order valence-corrected chi connectivity index (χ3v) is 9.09. The van der Waals surface area contributed by atoms with Gasteiger partial charge in [-0.1, -0.05) is 110 Å². The Morgan fingerprint density at radius 1 is 0.732 bits per heavy atom. The quantitative estimate of drug-likeness (QED) is 0.0707. The van der Waals surface area contributed by atoms with Crippen molar-refractivity contribution in [3.63, 3.8) is 0 Å². The van der Waals surface area contributed by atoms with E-state index in [9.17, 15) is 20.1 Å². The predicted octanol–water partition coefficient (Wildman–Crippen LogP) is 8.09. The molecule has 0 spiro atoms. The van der Waals surface area contributed by atoms with E-state index < -0.39 is 18.3 Å². The summed E-state index contributed by atoms with van der Waals surface area (Å²) in [6, 6.07) is 0. The number of carbonyl (C=O) groups is 1. The molecule has 1 fully saturated rings. The molecule has 2 rings (SSSR count). The number of rotatable bonds is 26. The van der Waals surface area contributed by atoms with Gasteiger partial charge in [-0.05, 0) is 64.4 Å². The number of carbonyl (C=O) groups excluding carboxylic acids is 1. The minimum Gasteiger partial charge on any atom is -0.455 e. The summed E-state index contributed by atoms with van der Waals surface area (Å²) in [5.74, 6) is -0.145. The molecule has 0 aromatic rings. The fourth-order valence-electron chi connectivity index (χ4n) is 6.37. The van der Waals surface area contributed by atoms with E-state index in [4.69, 9.17) is 9.47 Å². The summed E-state index contributed by atoms with van der Waals surface area (Å²) in [5, 5.41) is 31.4. The zero-order valence-electron chi connectivity index (χ0n) is 26.6. The number of cyclic esters (lactones) is 1. The topological polar surface area (TPSA) is 96.2 Å². The zero-order valence-corrected chi connectivity index (χ0v) is 26.6. The van der Waals surface area contributed by atoms with Gasteiger partial charge in [-0.3, -0.25) is 0 Å². The molecular formula is C35H64O6. The minimum absolute atomic E-state index is 0.0724. The summed E-state index contributed by atoms with van der Waals surface area (Å²) in [5.41, 5.74) is 0.836. The molecule has 1 saturated heterocycles. The first kappa shape index (κ1) is 36.2. The molecule has 240 valence electrons. The first-order valence-electron chi connectivity index (χ1n) is 17.5. The number of ether oxygens (including phenoxy) is 2. The van der Waals surface area contributed by atoms with E-state index in [0.29, 0.717) is 19.3 Å². The monoisotopic (exact) mass is 580 g/mol. The van der Waals surface area contributed by atoms with Gasteiger partial charge < -0.3 is 24.8 Å². The molecule has 0 amide bonds. The van der Waals surface area contributed by atoms with Crippen LogP contribution in [0.3, 0.4) is 0 Å². The molecule has 3 N–H and O–H groups in total. The Morgan fingerprint density at radius 2 is 1.29 bits per heavy atom. The van der Waals surface area contributed by atoms with Gasteiger partial charge in [0.1, 0.15) is 6.10 Å². The van der Waals surface area contributed by atoms with Crippen LogP contribution in [0.4, 0.5) is 0 Å². The van der Waals surface area contributed by atoms with Gasteiger partial charge in [0.05, 0.1) is 30.5 Å². The maximum atomic E-state index is 11.6. The SMILES string of the molecule is CCCCCCCCCCCCCC[C@@H](O)[C@@H](O)CC[C@H](O)[C@H]1CC[C@H](CCCCCCCC2=C[C@H](C)OC2=O)O1. The number of esters is 1. The van der Waals surface area contributed by atoms with Crippen molar-refractivity contribution < 1.29 is 29.6 Å². The summed E-state index contributed by atoms with van der Waals surface area (Å²) in [7, 11) is 0. The minimum atomic E-state index is -0.770. The summed E-state index contributed by atoms with van der Waals surface area (Å²) in [6.45, 7) is 4.16. The van der Waals surface area contributed by atoms with Crippen LogP contribution in [0.1, 0.15) is 168 Å². The molecular weight excluding hydrogens is 516 g/mol. The second-order valence-corrected chi connectivity index (χ2v) is 12.9. The van der Waals surface area contributed by atoms with E-state index in [1.54, 1.807) is 0 Å². The second kappa shape index (κ2) is 22.6. The predicted molar refractivity (Wildman–Crippen MR) is 167 cm³/mol. The van der Waals surface area contributed by atoms with Crippen LogP contribution >= 0.6 is 0 Å². The number of unbranched alkanes of at least 4 members (excludes halogenated alkanes) is 15. The number of aliphatic hydroxyl groups excluding tert-OH is 3. The molecule has 2 heterocycles. The van der Waals surface area contributed by atoms with E-state index in [2.05, 4.69) is 6.92 Å². The zero-order chi connectivity index (χ0) is 29.7. The second-order valence-electron chi connectivity index (χ2n) is 12.9. The summed E-state index contributed by atoms with van der Waals surface area (Å²) in [6.07, 6.45) is 26.2. The molecule has 6 heteroatoms. The highest BCUT2D eigenvalue weighted by molar-refractivity contribution is 5.90. The molecule has 0 aliphatic carbocycles. The molecule has 0 unspecified atom stereocenters. The van der Waals surface area contributed by atoms with E-state index in [1.807, 2.05) is 13.0 Å². The van der Waals surface area contributed by atoms with Gasteiger partial charge in [-0.2, -0.15) is 0 Å². The van der Waals surface area contributed by atoms with Crippen molar-refractivity contribution in [2.24, 2.45) is 0 Å². The van der Waals surface area contributed by atoms with Gasteiger partial charge in [0.2, 0.25) is 0 Å². The lowest BCUT2D eigenvalue weighted by Crippen LogP contribution is -2.31. The summed E-state index contributed by atoms with van der Waals surface area (Å²) < 4.78 is 11.3. The lowest BCUT2D eigenvalue weighted by Gasteiger charge is -2.22. The van der Waals surface area contributed by atoms with Crippen molar-refractivity contribution >= 4 is 5.97 Å². The third kappa shape index (κ3) is 16.5. The first-order chi connectivity index (χ1) is 19.9. The van der Waals surface area contributed by atoms with Crippen molar-refractivity contribution in [3.8, 4) is 0 Å². The van der Waals surface area contributed by atoms with Crippen LogP contribution in [-0.4, -0.2) is 57.9 Å². The molecule has 0 aromatic heterocycles. The molecule has 2 aliphatic heterocycles. The highest BCUT2D eigenvalue weighted by atomic mass is 16.5. The van der Waals surface area contributed by atoms with E-state index in [-0.39, 0.29) is 24.3 Å². The molecule has 6 nitrogen and oxygen atoms in total. The maximum absolute atomic E-state index is 11.6. The Balaban J connectivity index is 1.40.